The zero-order valence-corrected chi connectivity index (χ0v) is 14.6. The van der Waals surface area contributed by atoms with Crippen LogP contribution in [0.25, 0.3) is 11.6 Å². The van der Waals surface area contributed by atoms with Gasteiger partial charge in [0.05, 0.1) is 6.42 Å². The zero-order valence-electron chi connectivity index (χ0n) is 14.6. The molecule has 1 aliphatic rings. The number of hydrogen-bond acceptors (Lipinski definition) is 5. The largest absolute Gasteiger partial charge is 0.353 e. The Bertz CT molecular complexity index is 803. The maximum absolute atomic E-state index is 12.4. The second kappa shape index (κ2) is 7.55. The molecule has 3 rings (SSSR count). The normalized spacial score (nSPS) is 20.2. The number of H-pyrrole nitrogens is 1. The van der Waals surface area contributed by atoms with E-state index in [2.05, 4.69) is 32.2 Å². The number of hydrogen-bond donors (Lipinski definition) is 2. The van der Waals surface area contributed by atoms with E-state index in [0.29, 0.717) is 28.8 Å². The Hall–Kier alpha value is -2.57. The number of nitrogens with zero attached hydrogens (tertiary/aromatic N) is 3. The maximum atomic E-state index is 12.4. The van der Waals surface area contributed by atoms with Gasteiger partial charge in [-0.1, -0.05) is 19.8 Å². The Morgan fingerprint density at radius 1 is 1.28 bits per heavy atom. The van der Waals surface area contributed by atoms with Crippen molar-refractivity contribution in [1.29, 1.82) is 0 Å². The summed E-state index contributed by atoms with van der Waals surface area (Å²) >= 11 is 0. The third-order valence-corrected chi connectivity index (χ3v) is 4.80. The van der Waals surface area contributed by atoms with Crippen molar-refractivity contribution in [1.82, 2.24) is 25.3 Å². The molecular formula is C18H23N5O2. The monoisotopic (exact) mass is 341 g/mol. The Labute approximate surface area is 146 Å². The summed E-state index contributed by atoms with van der Waals surface area (Å²) in [5.41, 5.74) is 0.598. The van der Waals surface area contributed by atoms with E-state index in [9.17, 15) is 9.59 Å². The van der Waals surface area contributed by atoms with Gasteiger partial charge in [0.1, 0.15) is 0 Å². The smallest absolute Gasteiger partial charge is 0.255 e. The first-order valence-electron chi connectivity index (χ1n) is 8.71. The highest BCUT2D eigenvalue weighted by molar-refractivity contribution is 5.79. The van der Waals surface area contributed by atoms with Crippen molar-refractivity contribution in [3.63, 3.8) is 0 Å². The van der Waals surface area contributed by atoms with Gasteiger partial charge < -0.3 is 10.3 Å². The van der Waals surface area contributed by atoms with Crippen molar-refractivity contribution >= 4 is 5.91 Å². The molecule has 2 atom stereocenters. The Morgan fingerprint density at radius 3 is 2.68 bits per heavy atom. The van der Waals surface area contributed by atoms with Crippen LogP contribution < -0.4 is 10.9 Å². The van der Waals surface area contributed by atoms with E-state index >= 15 is 0 Å². The standard InChI is InChI=1S/C18H23N5O2/c1-11-6-3-4-7-14(11)22-15(24)10-13-12(2)21-17(23-18(13)25)16-19-8-5-9-20-16/h5,8-9,11,14H,3-4,6-7,10H2,1-2H3,(H,22,24)(H,21,23,25). The lowest BCUT2D eigenvalue weighted by Gasteiger charge is -2.29. The van der Waals surface area contributed by atoms with Gasteiger partial charge in [0.2, 0.25) is 5.91 Å². The lowest BCUT2D eigenvalue weighted by atomic mass is 9.86. The summed E-state index contributed by atoms with van der Waals surface area (Å²) in [6, 6.07) is 1.89. The fourth-order valence-corrected chi connectivity index (χ4v) is 3.29. The maximum Gasteiger partial charge on any atom is 0.255 e. The topological polar surface area (TPSA) is 101 Å². The first-order valence-corrected chi connectivity index (χ1v) is 8.71. The summed E-state index contributed by atoms with van der Waals surface area (Å²) in [4.78, 5) is 40.0. The summed E-state index contributed by atoms with van der Waals surface area (Å²) < 4.78 is 0. The first kappa shape index (κ1) is 17.3. The number of carbonyl (C=O) groups excluding carboxylic acids is 1. The summed E-state index contributed by atoms with van der Waals surface area (Å²) in [7, 11) is 0. The molecule has 7 nitrogen and oxygen atoms in total. The fraction of sp³-hybridized carbons (Fsp3) is 0.500. The Morgan fingerprint density at radius 2 is 2.00 bits per heavy atom. The number of carbonyl (C=O) groups is 1. The van der Waals surface area contributed by atoms with Crippen LogP contribution in [0.4, 0.5) is 0 Å². The molecule has 1 aliphatic carbocycles. The van der Waals surface area contributed by atoms with Crippen molar-refractivity contribution < 1.29 is 4.79 Å². The molecule has 0 aromatic carbocycles. The van der Waals surface area contributed by atoms with E-state index in [4.69, 9.17) is 0 Å². The summed E-state index contributed by atoms with van der Waals surface area (Å²) in [6.45, 7) is 3.89. The molecule has 132 valence electrons. The molecule has 2 aromatic heterocycles. The zero-order chi connectivity index (χ0) is 17.8. The number of aryl methyl sites for hydroxylation is 1. The number of rotatable bonds is 4. The van der Waals surface area contributed by atoms with Crippen molar-refractivity contribution in [3.05, 3.63) is 40.1 Å². The molecule has 2 unspecified atom stereocenters. The van der Waals surface area contributed by atoms with Crippen molar-refractivity contribution in [2.75, 3.05) is 0 Å². The van der Waals surface area contributed by atoms with Crippen LogP contribution in [-0.4, -0.2) is 31.9 Å². The van der Waals surface area contributed by atoms with Gasteiger partial charge in [0.25, 0.3) is 5.56 Å². The minimum Gasteiger partial charge on any atom is -0.353 e. The molecule has 1 amide bonds. The summed E-state index contributed by atoms with van der Waals surface area (Å²) in [5.74, 6) is 1.02. The minimum absolute atomic E-state index is 0.0350. The molecular weight excluding hydrogens is 318 g/mol. The minimum atomic E-state index is -0.318. The average Bonchev–Trinajstić information content (AvgIpc) is 2.61. The van der Waals surface area contributed by atoms with E-state index in [1.165, 1.54) is 6.42 Å². The molecule has 0 aliphatic heterocycles. The number of aromatic amines is 1. The van der Waals surface area contributed by atoms with Crippen molar-refractivity contribution in [2.24, 2.45) is 5.92 Å². The van der Waals surface area contributed by atoms with Gasteiger partial charge >= 0.3 is 0 Å². The summed E-state index contributed by atoms with van der Waals surface area (Å²) in [6.07, 6.45) is 7.71. The van der Waals surface area contributed by atoms with Crippen LogP contribution in [0.5, 0.6) is 0 Å². The second-order valence-corrected chi connectivity index (χ2v) is 6.66. The van der Waals surface area contributed by atoms with Gasteiger partial charge in [0.15, 0.2) is 11.6 Å². The van der Waals surface area contributed by atoms with Gasteiger partial charge in [-0.3, -0.25) is 9.59 Å². The van der Waals surface area contributed by atoms with Crippen molar-refractivity contribution in [3.8, 4) is 11.6 Å². The SMILES string of the molecule is Cc1nc(-c2ncccn2)[nH]c(=O)c1CC(=O)NC1CCCCC1C. The average molecular weight is 341 g/mol. The van der Waals surface area contributed by atoms with Gasteiger partial charge in [-0.2, -0.15) is 0 Å². The van der Waals surface area contributed by atoms with Crippen LogP contribution >= 0.6 is 0 Å². The molecule has 0 spiro atoms. The van der Waals surface area contributed by atoms with Crippen LogP contribution in [0.2, 0.25) is 0 Å². The van der Waals surface area contributed by atoms with Crippen LogP contribution in [0.1, 0.15) is 43.9 Å². The molecule has 0 bridgehead atoms. The van der Waals surface area contributed by atoms with E-state index in [0.717, 1.165) is 19.3 Å². The highest BCUT2D eigenvalue weighted by atomic mass is 16.2. The summed E-state index contributed by atoms with van der Waals surface area (Å²) in [5, 5.41) is 3.07. The molecule has 0 radical (unpaired) electrons. The van der Waals surface area contributed by atoms with Gasteiger partial charge in [0, 0.05) is 29.7 Å². The fourth-order valence-electron chi connectivity index (χ4n) is 3.29. The highest BCUT2D eigenvalue weighted by Crippen LogP contribution is 2.23. The molecule has 1 fully saturated rings. The molecule has 2 N–H and O–H groups in total. The van der Waals surface area contributed by atoms with Crippen LogP contribution in [0.3, 0.4) is 0 Å². The third-order valence-electron chi connectivity index (χ3n) is 4.80. The Balaban J connectivity index is 1.74. The lowest BCUT2D eigenvalue weighted by molar-refractivity contribution is -0.121. The Kier molecular flexibility index (Phi) is 5.21. The van der Waals surface area contributed by atoms with Crippen LogP contribution in [0, 0.1) is 12.8 Å². The second-order valence-electron chi connectivity index (χ2n) is 6.66. The molecule has 25 heavy (non-hydrogen) atoms. The number of amides is 1. The number of nitrogens with one attached hydrogen (secondary N) is 2. The van der Waals surface area contributed by atoms with E-state index in [1.807, 2.05) is 0 Å². The van der Waals surface area contributed by atoms with E-state index in [-0.39, 0.29) is 23.9 Å². The predicted octanol–water partition coefficient (Wildman–Crippen LogP) is 1.77. The number of aromatic nitrogens is 4. The van der Waals surface area contributed by atoms with Gasteiger partial charge in [-0.05, 0) is 31.7 Å². The van der Waals surface area contributed by atoms with E-state index < -0.39 is 0 Å². The van der Waals surface area contributed by atoms with Crippen molar-refractivity contribution in [2.45, 2.75) is 52.0 Å². The third kappa shape index (κ3) is 4.10. The molecule has 2 aromatic rings. The molecule has 1 saturated carbocycles. The van der Waals surface area contributed by atoms with Crippen LogP contribution in [-0.2, 0) is 11.2 Å². The molecule has 0 saturated heterocycles. The van der Waals surface area contributed by atoms with Crippen LogP contribution in [0.15, 0.2) is 23.3 Å². The quantitative estimate of drug-likeness (QED) is 0.883. The predicted molar refractivity (Wildman–Crippen MR) is 93.9 cm³/mol. The highest BCUT2D eigenvalue weighted by Gasteiger charge is 2.23. The lowest BCUT2D eigenvalue weighted by Crippen LogP contribution is -2.42. The van der Waals surface area contributed by atoms with Gasteiger partial charge in [-0.25, -0.2) is 15.0 Å². The first-order chi connectivity index (χ1) is 12.0. The molecule has 7 heteroatoms. The van der Waals surface area contributed by atoms with Gasteiger partial charge in [-0.15, -0.1) is 0 Å². The molecule has 2 heterocycles. The van der Waals surface area contributed by atoms with E-state index in [1.54, 1.807) is 25.4 Å².